The van der Waals surface area contributed by atoms with Crippen LogP contribution < -0.4 is 10.1 Å². The largest absolute Gasteiger partial charge is 0.493 e. The lowest BCUT2D eigenvalue weighted by atomic mass is 9.83. The van der Waals surface area contributed by atoms with E-state index in [1.165, 1.54) is 4.90 Å². The van der Waals surface area contributed by atoms with E-state index >= 15 is 0 Å². The first-order valence-electron chi connectivity index (χ1n) is 14.6. The molecule has 42 heavy (non-hydrogen) atoms. The minimum atomic E-state index is -0.811. The summed E-state index contributed by atoms with van der Waals surface area (Å²) in [6, 6.07) is 6.19. The Balaban J connectivity index is 1.36. The minimum Gasteiger partial charge on any atom is -0.493 e. The molecule has 2 amide bonds. The standard InChI is InChI=1S/C30H43BClN3O7/c1-18(2)26(25-13-19(3)34-40-25)28(38)35-17-22(36)15-23(35)27(37)33-16-20-9-10-21(32)14-24(20)39-12-8-11-31-41-29(4,5)30(6,7)42-31/h9-10,13-14,18,22-23,26,36H,8,11-12,15-17H2,1-7H3,(H,33,37)/t22-,23+,26-/m1/s1. The number of nitrogens with one attached hydrogen (secondary N) is 1. The third-order valence-corrected chi connectivity index (χ3v) is 8.61. The molecule has 2 N–H and O–H groups in total. The van der Waals surface area contributed by atoms with Gasteiger partial charge in [-0.3, -0.25) is 9.59 Å². The topological polar surface area (TPSA) is 123 Å². The zero-order valence-electron chi connectivity index (χ0n) is 25.6. The number of likely N-dealkylation sites (tertiary alicyclic amines) is 1. The molecule has 0 spiro atoms. The van der Waals surface area contributed by atoms with Gasteiger partial charge in [-0.15, -0.1) is 0 Å². The zero-order valence-corrected chi connectivity index (χ0v) is 26.4. The van der Waals surface area contributed by atoms with Gasteiger partial charge in [0.05, 0.1) is 29.6 Å². The lowest BCUT2D eigenvalue weighted by Crippen LogP contribution is -2.48. The first-order valence-corrected chi connectivity index (χ1v) is 15.0. The van der Waals surface area contributed by atoms with E-state index in [0.717, 1.165) is 5.56 Å². The summed E-state index contributed by atoms with van der Waals surface area (Å²) in [5.41, 5.74) is 0.666. The van der Waals surface area contributed by atoms with Gasteiger partial charge >= 0.3 is 7.12 Å². The highest BCUT2D eigenvalue weighted by Crippen LogP contribution is 2.38. The minimum absolute atomic E-state index is 0.0748. The van der Waals surface area contributed by atoms with Crippen molar-refractivity contribution in [2.45, 2.75) is 103 Å². The Labute approximate surface area is 253 Å². The second-order valence-corrected chi connectivity index (χ2v) is 13.1. The van der Waals surface area contributed by atoms with Gasteiger partial charge < -0.3 is 33.9 Å². The highest BCUT2D eigenvalue weighted by atomic mass is 35.5. The molecule has 2 saturated heterocycles. The number of aromatic nitrogens is 1. The molecular formula is C30H43BClN3O7. The van der Waals surface area contributed by atoms with Crippen molar-refractivity contribution in [2.24, 2.45) is 5.92 Å². The van der Waals surface area contributed by atoms with Crippen LogP contribution in [-0.2, 0) is 25.4 Å². The predicted octanol–water partition coefficient (Wildman–Crippen LogP) is 4.52. The van der Waals surface area contributed by atoms with E-state index in [-0.39, 0.29) is 55.6 Å². The van der Waals surface area contributed by atoms with Gasteiger partial charge in [0.1, 0.15) is 23.5 Å². The average molecular weight is 604 g/mol. The second kappa shape index (κ2) is 13.0. The number of ether oxygens (including phenoxy) is 1. The molecule has 4 rings (SSSR count). The van der Waals surface area contributed by atoms with Crippen LogP contribution in [0, 0.1) is 12.8 Å². The highest BCUT2D eigenvalue weighted by molar-refractivity contribution is 6.45. The van der Waals surface area contributed by atoms with Crippen LogP contribution in [0.2, 0.25) is 11.3 Å². The molecular weight excluding hydrogens is 561 g/mol. The number of β-amino-alcohol motifs (C(OH)–C–C–N with tert-alkyl or cyclic N) is 1. The maximum absolute atomic E-state index is 13.6. The van der Waals surface area contributed by atoms with E-state index in [9.17, 15) is 14.7 Å². The average Bonchev–Trinajstić information content (AvgIpc) is 3.55. The molecule has 0 saturated carbocycles. The van der Waals surface area contributed by atoms with Crippen LogP contribution in [-0.4, -0.2) is 70.6 Å². The van der Waals surface area contributed by atoms with Crippen LogP contribution in [0.4, 0.5) is 0 Å². The number of nitrogens with zero attached hydrogens (tertiary/aromatic N) is 2. The van der Waals surface area contributed by atoms with Crippen LogP contribution in [0.15, 0.2) is 28.8 Å². The van der Waals surface area contributed by atoms with Crippen molar-refractivity contribution in [3.05, 3.63) is 46.3 Å². The molecule has 230 valence electrons. The van der Waals surface area contributed by atoms with Gasteiger partial charge in [0.25, 0.3) is 0 Å². The van der Waals surface area contributed by atoms with Gasteiger partial charge in [-0.25, -0.2) is 0 Å². The van der Waals surface area contributed by atoms with Crippen molar-refractivity contribution >= 4 is 30.5 Å². The van der Waals surface area contributed by atoms with Crippen LogP contribution in [0.5, 0.6) is 5.75 Å². The lowest BCUT2D eigenvalue weighted by Gasteiger charge is -2.32. The van der Waals surface area contributed by atoms with Crippen LogP contribution in [0.3, 0.4) is 0 Å². The SMILES string of the molecule is Cc1cc([C@H](C(=O)N2C[C@H](O)C[C@H]2C(=O)NCc2ccc(Cl)cc2OCCCB2OC(C)(C)C(C)(C)O2)C(C)C)on1. The van der Waals surface area contributed by atoms with Gasteiger partial charge in [-0.05, 0) is 65.4 Å². The summed E-state index contributed by atoms with van der Waals surface area (Å²) in [7, 11) is -0.299. The van der Waals surface area contributed by atoms with E-state index < -0.39 is 18.1 Å². The van der Waals surface area contributed by atoms with E-state index in [1.807, 2.05) is 41.5 Å². The Morgan fingerprint density at radius 1 is 1.21 bits per heavy atom. The van der Waals surface area contributed by atoms with Crippen LogP contribution >= 0.6 is 11.6 Å². The van der Waals surface area contributed by atoms with Crippen molar-refractivity contribution in [1.29, 1.82) is 0 Å². The van der Waals surface area contributed by atoms with E-state index in [1.54, 1.807) is 31.2 Å². The first kappa shape index (κ1) is 32.3. The quantitative estimate of drug-likeness (QED) is 0.284. The number of carbonyl (C=O) groups is 2. The third-order valence-electron chi connectivity index (χ3n) is 8.38. The number of carbonyl (C=O) groups excluding carboxylic acids is 2. The maximum atomic E-state index is 13.6. The van der Waals surface area contributed by atoms with Gasteiger partial charge in [0, 0.05) is 36.2 Å². The normalized spacial score (nSPS) is 22.0. The molecule has 2 aromatic rings. The zero-order chi connectivity index (χ0) is 30.8. The number of hydrogen-bond acceptors (Lipinski definition) is 8. The summed E-state index contributed by atoms with van der Waals surface area (Å²) in [6.07, 6.45) is 0.736. The van der Waals surface area contributed by atoms with Gasteiger partial charge in [-0.1, -0.05) is 36.7 Å². The molecule has 0 bridgehead atoms. The molecule has 12 heteroatoms. The monoisotopic (exact) mass is 603 g/mol. The van der Waals surface area contributed by atoms with Crippen molar-refractivity contribution in [1.82, 2.24) is 15.4 Å². The Kier molecular flexibility index (Phi) is 9.97. The molecule has 3 atom stereocenters. The summed E-state index contributed by atoms with van der Waals surface area (Å²) < 4.78 is 23.6. The number of halogens is 1. The molecule has 2 fully saturated rings. The van der Waals surface area contributed by atoms with Crippen LogP contribution in [0.25, 0.3) is 0 Å². The number of aryl methyl sites for hydroxylation is 1. The Bertz CT molecular complexity index is 1250. The summed E-state index contributed by atoms with van der Waals surface area (Å²) in [6.45, 7) is 14.4. The second-order valence-electron chi connectivity index (χ2n) is 12.6. The third kappa shape index (κ3) is 7.30. The molecule has 3 heterocycles. The van der Waals surface area contributed by atoms with Crippen LogP contribution in [0.1, 0.15) is 77.3 Å². The van der Waals surface area contributed by atoms with Gasteiger partial charge in [0.2, 0.25) is 11.8 Å². The smallest absolute Gasteiger partial charge is 0.457 e. The maximum Gasteiger partial charge on any atom is 0.457 e. The fourth-order valence-corrected chi connectivity index (χ4v) is 5.54. The molecule has 10 nitrogen and oxygen atoms in total. The van der Waals surface area contributed by atoms with Crippen molar-refractivity contribution in [2.75, 3.05) is 13.2 Å². The predicted molar refractivity (Wildman–Crippen MR) is 159 cm³/mol. The molecule has 0 aliphatic carbocycles. The molecule has 2 aliphatic heterocycles. The van der Waals surface area contributed by atoms with E-state index in [4.69, 9.17) is 30.2 Å². The molecule has 0 radical (unpaired) electrons. The Morgan fingerprint density at radius 3 is 2.52 bits per heavy atom. The van der Waals surface area contributed by atoms with E-state index in [2.05, 4.69) is 10.5 Å². The Hall–Kier alpha value is -2.60. The lowest BCUT2D eigenvalue weighted by molar-refractivity contribution is -0.141. The number of amides is 2. The molecule has 1 aromatic heterocycles. The number of benzene rings is 1. The number of hydrogen-bond donors (Lipinski definition) is 2. The summed E-state index contributed by atoms with van der Waals surface area (Å²) in [5, 5.41) is 17.8. The first-order chi connectivity index (χ1) is 19.7. The molecule has 2 aliphatic rings. The highest BCUT2D eigenvalue weighted by Gasteiger charge is 2.50. The van der Waals surface area contributed by atoms with Crippen molar-refractivity contribution < 1.29 is 33.3 Å². The number of rotatable bonds is 11. The summed E-state index contributed by atoms with van der Waals surface area (Å²) >= 11 is 6.25. The number of aliphatic hydroxyl groups excluding tert-OH is 1. The van der Waals surface area contributed by atoms with E-state index in [0.29, 0.717) is 41.6 Å². The summed E-state index contributed by atoms with van der Waals surface area (Å²) in [4.78, 5) is 28.4. The number of aliphatic hydroxyl groups is 1. The van der Waals surface area contributed by atoms with Crippen molar-refractivity contribution in [3.8, 4) is 5.75 Å². The fourth-order valence-electron chi connectivity index (χ4n) is 5.37. The van der Waals surface area contributed by atoms with Gasteiger partial charge in [0.15, 0.2) is 0 Å². The summed E-state index contributed by atoms with van der Waals surface area (Å²) in [5.74, 6) is -0.301. The fraction of sp³-hybridized carbons (Fsp3) is 0.633. The Morgan fingerprint density at radius 2 is 1.90 bits per heavy atom. The van der Waals surface area contributed by atoms with Gasteiger partial charge in [-0.2, -0.15) is 0 Å². The molecule has 0 unspecified atom stereocenters. The molecule has 1 aromatic carbocycles. The van der Waals surface area contributed by atoms with Crippen molar-refractivity contribution in [3.63, 3.8) is 0 Å².